The van der Waals surface area contributed by atoms with Crippen molar-refractivity contribution in [3.8, 4) is 0 Å². The third kappa shape index (κ3) is 2.58. The molecule has 94 valence electrons. The van der Waals surface area contributed by atoms with Crippen LogP contribution in [0.3, 0.4) is 0 Å². The molecule has 3 atom stereocenters. The molecule has 3 nitrogen and oxygen atoms in total. The van der Waals surface area contributed by atoms with Crippen LogP contribution >= 0.6 is 0 Å². The predicted molar refractivity (Wildman–Crippen MR) is 68.8 cm³/mol. The summed E-state index contributed by atoms with van der Waals surface area (Å²) in [7, 11) is 0. The van der Waals surface area contributed by atoms with E-state index in [0.29, 0.717) is 12.1 Å². The number of likely N-dealkylation sites (N-methyl/N-ethyl adjacent to an activating group) is 1. The Morgan fingerprint density at radius 2 is 2.06 bits per heavy atom. The van der Waals surface area contributed by atoms with Crippen molar-refractivity contribution in [1.29, 1.82) is 0 Å². The number of nitrogens with zero attached hydrogens (tertiary/aromatic N) is 2. The normalized spacial score (nSPS) is 31.3. The van der Waals surface area contributed by atoms with E-state index in [2.05, 4.69) is 35.9 Å². The second-order valence-corrected chi connectivity index (χ2v) is 5.41. The first-order valence-corrected chi connectivity index (χ1v) is 6.94. The first-order chi connectivity index (χ1) is 7.72. The Morgan fingerprint density at radius 1 is 1.25 bits per heavy atom. The molecule has 3 unspecified atom stereocenters. The quantitative estimate of drug-likeness (QED) is 0.774. The molecule has 2 aliphatic heterocycles. The zero-order valence-corrected chi connectivity index (χ0v) is 11.1. The average molecular weight is 225 g/mol. The summed E-state index contributed by atoms with van der Waals surface area (Å²) in [5, 5.41) is 3.55. The van der Waals surface area contributed by atoms with Gasteiger partial charge in [-0.1, -0.05) is 6.92 Å². The van der Waals surface area contributed by atoms with Crippen LogP contribution in [0.2, 0.25) is 0 Å². The lowest BCUT2D eigenvalue weighted by atomic mass is 10.1. The van der Waals surface area contributed by atoms with Crippen LogP contribution < -0.4 is 5.32 Å². The van der Waals surface area contributed by atoms with Crippen LogP contribution in [0, 0.1) is 0 Å². The lowest BCUT2D eigenvalue weighted by Crippen LogP contribution is -2.56. The van der Waals surface area contributed by atoms with E-state index in [1.54, 1.807) is 0 Å². The maximum Gasteiger partial charge on any atom is 0.0224 e. The highest BCUT2D eigenvalue weighted by Gasteiger charge is 2.33. The standard InChI is InChI=1S/C13H27N3/c1-4-14-11(2)12(3)16-9-8-15-7-5-6-13(15)10-16/h11-14H,4-10H2,1-3H3. The van der Waals surface area contributed by atoms with E-state index in [-0.39, 0.29) is 0 Å². The summed E-state index contributed by atoms with van der Waals surface area (Å²) in [5.41, 5.74) is 0. The number of rotatable bonds is 4. The zero-order valence-electron chi connectivity index (χ0n) is 11.1. The molecule has 2 fully saturated rings. The first kappa shape index (κ1) is 12.3. The molecule has 2 heterocycles. The lowest BCUT2D eigenvalue weighted by molar-refractivity contribution is 0.0658. The Labute approximate surface area is 100 Å². The second-order valence-electron chi connectivity index (χ2n) is 5.41. The summed E-state index contributed by atoms with van der Waals surface area (Å²) in [6, 6.07) is 2.13. The van der Waals surface area contributed by atoms with Gasteiger partial charge in [0.05, 0.1) is 0 Å². The monoisotopic (exact) mass is 225 g/mol. The fourth-order valence-corrected chi connectivity index (χ4v) is 3.19. The fourth-order valence-electron chi connectivity index (χ4n) is 3.19. The Hall–Kier alpha value is -0.120. The maximum absolute atomic E-state index is 3.55. The first-order valence-electron chi connectivity index (χ1n) is 6.94. The molecule has 2 rings (SSSR count). The van der Waals surface area contributed by atoms with Gasteiger partial charge >= 0.3 is 0 Å². The second kappa shape index (κ2) is 5.48. The van der Waals surface area contributed by atoms with Crippen molar-refractivity contribution >= 4 is 0 Å². The van der Waals surface area contributed by atoms with Crippen LogP contribution in [-0.2, 0) is 0 Å². The molecule has 2 saturated heterocycles. The van der Waals surface area contributed by atoms with Crippen molar-refractivity contribution in [3.05, 3.63) is 0 Å². The van der Waals surface area contributed by atoms with Crippen LogP contribution in [-0.4, -0.2) is 60.6 Å². The molecule has 0 spiro atoms. The van der Waals surface area contributed by atoms with Crippen LogP contribution in [0.15, 0.2) is 0 Å². The molecule has 0 aliphatic carbocycles. The van der Waals surface area contributed by atoms with Crippen molar-refractivity contribution in [2.45, 2.75) is 51.7 Å². The lowest BCUT2D eigenvalue weighted by Gasteiger charge is -2.42. The van der Waals surface area contributed by atoms with Crippen molar-refractivity contribution in [3.63, 3.8) is 0 Å². The summed E-state index contributed by atoms with van der Waals surface area (Å²) in [4.78, 5) is 5.36. The minimum Gasteiger partial charge on any atom is -0.313 e. The molecule has 16 heavy (non-hydrogen) atoms. The van der Waals surface area contributed by atoms with E-state index in [9.17, 15) is 0 Å². The van der Waals surface area contributed by atoms with Crippen molar-refractivity contribution < 1.29 is 0 Å². The molecule has 0 amide bonds. The fraction of sp³-hybridized carbons (Fsp3) is 1.00. The molecular formula is C13H27N3. The maximum atomic E-state index is 3.55. The van der Waals surface area contributed by atoms with Gasteiger partial charge < -0.3 is 5.32 Å². The van der Waals surface area contributed by atoms with E-state index < -0.39 is 0 Å². The average Bonchev–Trinajstić information content (AvgIpc) is 2.75. The number of piperazine rings is 1. The van der Waals surface area contributed by atoms with Gasteiger partial charge in [-0.25, -0.2) is 0 Å². The SMILES string of the molecule is CCNC(C)C(C)N1CCN2CCCC2C1. The Balaban J connectivity index is 1.85. The number of fused-ring (bicyclic) bond motifs is 1. The highest BCUT2D eigenvalue weighted by Crippen LogP contribution is 2.23. The Morgan fingerprint density at radius 3 is 2.81 bits per heavy atom. The number of hydrogen-bond acceptors (Lipinski definition) is 3. The van der Waals surface area contributed by atoms with E-state index in [1.807, 2.05) is 0 Å². The van der Waals surface area contributed by atoms with E-state index in [1.165, 1.54) is 39.0 Å². The van der Waals surface area contributed by atoms with Gasteiger partial charge in [-0.05, 0) is 39.8 Å². The van der Waals surface area contributed by atoms with Gasteiger partial charge in [-0.15, -0.1) is 0 Å². The van der Waals surface area contributed by atoms with Gasteiger partial charge in [0.25, 0.3) is 0 Å². The van der Waals surface area contributed by atoms with Gasteiger partial charge in [-0.2, -0.15) is 0 Å². The van der Waals surface area contributed by atoms with E-state index >= 15 is 0 Å². The highest BCUT2D eigenvalue weighted by atomic mass is 15.3. The molecule has 0 saturated carbocycles. The van der Waals surface area contributed by atoms with E-state index in [4.69, 9.17) is 0 Å². The van der Waals surface area contributed by atoms with Crippen molar-refractivity contribution in [1.82, 2.24) is 15.1 Å². The molecule has 0 aromatic rings. The smallest absolute Gasteiger partial charge is 0.0224 e. The van der Waals surface area contributed by atoms with Gasteiger partial charge in [-0.3, -0.25) is 9.80 Å². The molecule has 3 heteroatoms. The molecular weight excluding hydrogens is 198 g/mol. The van der Waals surface area contributed by atoms with Crippen LogP contribution in [0.5, 0.6) is 0 Å². The molecule has 0 radical (unpaired) electrons. The van der Waals surface area contributed by atoms with Crippen LogP contribution in [0.4, 0.5) is 0 Å². The van der Waals surface area contributed by atoms with Gasteiger partial charge in [0.15, 0.2) is 0 Å². The van der Waals surface area contributed by atoms with Crippen molar-refractivity contribution in [2.75, 3.05) is 32.7 Å². The van der Waals surface area contributed by atoms with Crippen molar-refractivity contribution in [2.24, 2.45) is 0 Å². The molecule has 2 aliphatic rings. The molecule has 0 aromatic heterocycles. The predicted octanol–water partition coefficient (Wildman–Crippen LogP) is 1.15. The zero-order chi connectivity index (χ0) is 11.5. The minimum atomic E-state index is 0.609. The molecule has 0 bridgehead atoms. The van der Waals surface area contributed by atoms with Crippen LogP contribution in [0.25, 0.3) is 0 Å². The van der Waals surface area contributed by atoms with E-state index in [0.717, 1.165) is 12.6 Å². The summed E-state index contributed by atoms with van der Waals surface area (Å²) < 4.78 is 0. The van der Waals surface area contributed by atoms with Crippen LogP contribution in [0.1, 0.15) is 33.6 Å². The number of hydrogen-bond donors (Lipinski definition) is 1. The van der Waals surface area contributed by atoms with Gasteiger partial charge in [0, 0.05) is 37.8 Å². The third-order valence-electron chi connectivity index (χ3n) is 4.44. The molecule has 0 aromatic carbocycles. The van der Waals surface area contributed by atoms with Gasteiger partial charge in [0.2, 0.25) is 0 Å². The summed E-state index contributed by atoms with van der Waals surface area (Å²) >= 11 is 0. The minimum absolute atomic E-state index is 0.609. The Kier molecular flexibility index (Phi) is 4.22. The summed E-state index contributed by atoms with van der Waals surface area (Å²) in [6.45, 7) is 13.1. The largest absolute Gasteiger partial charge is 0.313 e. The third-order valence-corrected chi connectivity index (χ3v) is 4.44. The number of nitrogens with one attached hydrogen (secondary N) is 1. The molecule has 1 N–H and O–H groups in total. The Bertz CT molecular complexity index is 219. The summed E-state index contributed by atoms with van der Waals surface area (Å²) in [5.74, 6) is 0. The highest BCUT2D eigenvalue weighted by molar-refractivity contribution is 4.90. The topological polar surface area (TPSA) is 18.5 Å². The summed E-state index contributed by atoms with van der Waals surface area (Å²) in [6.07, 6.45) is 2.83. The van der Waals surface area contributed by atoms with Gasteiger partial charge in [0.1, 0.15) is 0 Å².